The highest BCUT2D eigenvalue weighted by Gasteiger charge is 2.39. The minimum Gasteiger partial charge on any atom is -0.481 e. The van der Waals surface area contributed by atoms with E-state index in [4.69, 9.17) is 5.11 Å². The fourth-order valence-electron chi connectivity index (χ4n) is 1.78. The number of benzene rings is 1. The fraction of sp³-hybridized carbons (Fsp3) is 0.167. The molecule has 2 aromatic rings. The predicted octanol–water partition coefficient (Wildman–Crippen LogP) is 2.66. The van der Waals surface area contributed by atoms with Crippen LogP contribution in [0.25, 0.3) is 5.69 Å². The maximum absolute atomic E-state index is 13.1. The van der Waals surface area contributed by atoms with Crippen molar-refractivity contribution >= 4 is 5.97 Å². The first-order chi connectivity index (χ1) is 9.29. The number of hydrogen-bond donors (Lipinski definition) is 1. The first-order valence-corrected chi connectivity index (χ1v) is 5.41. The lowest BCUT2D eigenvalue weighted by atomic mass is 10.1. The molecule has 0 aliphatic rings. The lowest BCUT2D eigenvalue weighted by molar-refractivity contribution is -0.144. The Balaban J connectivity index is 2.59. The number of halogens is 4. The van der Waals surface area contributed by atoms with Crippen molar-refractivity contribution < 1.29 is 27.5 Å². The molecule has 0 saturated carbocycles. The van der Waals surface area contributed by atoms with Crippen LogP contribution >= 0.6 is 0 Å². The van der Waals surface area contributed by atoms with Crippen molar-refractivity contribution in [2.24, 2.45) is 0 Å². The summed E-state index contributed by atoms with van der Waals surface area (Å²) in [6.07, 6.45) is -4.79. The van der Waals surface area contributed by atoms with Gasteiger partial charge >= 0.3 is 12.1 Å². The summed E-state index contributed by atoms with van der Waals surface area (Å²) in [7, 11) is 0. The molecule has 4 nitrogen and oxygen atoms in total. The molecule has 106 valence electrons. The van der Waals surface area contributed by atoms with Gasteiger partial charge in [0.2, 0.25) is 0 Å². The van der Waals surface area contributed by atoms with Crippen LogP contribution in [0.5, 0.6) is 0 Å². The van der Waals surface area contributed by atoms with E-state index in [0.29, 0.717) is 4.68 Å². The molecule has 0 atom stereocenters. The van der Waals surface area contributed by atoms with Crippen LogP contribution < -0.4 is 0 Å². The molecule has 0 spiro atoms. The highest BCUT2D eigenvalue weighted by atomic mass is 19.4. The van der Waals surface area contributed by atoms with E-state index in [1.165, 1.54) is 12.1 Å². The molecule has 1 aromatic heterocycles. The Morgan fingerprint density at radius 3 is 2.60 bits per heavy atom. The van der Waals surface area contributed by atoms with E-state index in [0.717, 1.165) is 18.3 Å². The third kappa shape index (κ3) is 2.79. The van der Waals surface area contributed by atoms with Crippen molar-refractivity contribution in [3.05, 3.63) is 47.5 Å². The van der Waals surface area contributed by atoms with Crippen LogP contribution in [0.15, 0.2) is 30.5 Å². The van der Waals surface area contributed by atoms with Crippen molar-refractivity contribution in [3.63, 3.8) is 0 Å². The highest BCUT2D eigenvalue weighted by molar-refractivity contribution is 5.70. The summed E-state index contributed by atoms with van der Waals surface area (Å²) in [5, 5.41) is 12.1. The number of nitrogens with zero attached hydrogens (tertiary/aromatic N) is 2. The van der Waals surface area contributed by atoms with Crippen LogP contribution in [-0.2, 0) is 17.4 Å². The third-order valence-electron chi connectivity index (χ3n) is 2.51. The Morgan fingerprint density at radius 2 is 2.05 bits per heavy atom. The molecule has 1 N–H and O–H groups in total. The third-order valence-corrected chi connectivity index (χ3v) is 2.51. The number of carboxylic acid groups (broad SMARTS) is 1. The van der Waals surface area contributed by atoms with E-state index in [1.807, 2.05) is 0 Å². The number of rotatable bonds is 3. The summed E-state index contributed by atoms with van der Waals surface area (Å²) in [6, 6.07) is 4.45. The summed E-state index contributed by atoms with van der Waals surface area (Å²) < 4.78 is 52.7. The van der Waals surface area contributed by atoms with Crippen molar-refractivity contribution in [3.8, 4) is 5.69 Å². The first-order valence-electron chi connectivity index (χ1n) is 5.41. The number of carbonyl (C=O) groups is 1. The fourth-order valence-corrected chi connectivity index (χ4v) is 1.78. The van der Waals surface area contributed by atoms with E-state index in [1.54, 1.807) is 0 Å². The van der Waals surface area contributed by atoms with Gasteiger partial charge in [-0.05, 0) is 18.2 Å². The van der Waals surface area contributed by atoms with Gasteiger partial charge in [0.05, 0.1) is 18.3 Å². The zero-order chi connectivity index (χ0) is 14.9. The number of aromatic nitrogens is 2. The molecule has 0 saturated heterocycles. The number of aliphatic carboxylic acids is 1. The topological polar surface area (TPSA) is 55.1 Å². The summed E-state index contributed by atoms with van der Waals surface area (Å²) >= 11 is 0. The molecule has 0 aliphatic carbocycles. The van der Waals surface area contributed by atoms with Crippen molar-refractivity contribution in [2.75, 3.05) is 0 Å². The highest BCUT2D eigenvalue weighted by Crippen LogP contribution is 2.33. The first kappa shape index (κ1) is 14.0. The molecule has 0 amide bonds. The second kappa shape index (κ2) is 4.95. The second-order valence-electron chi connectivity index (χ2n) is 3.98. The van der Waals surface area contributed by atoms with E-state index in [-0.39, 0.29) is 5.69 Å². The Morgan fingerprint density at radius 1 is 1.35 bits per heavy atom. The molecular weight excluding hydrogens is 280 g/mol. The number of carboxylic acids is 1. The summed E-state index contributed by atoms with van der Waals surface area (Å²) in [5.74, 6) is -2.12. The molecular formula is C12H8F4N2O2. The van der Waals surface area contributed by atoms with Gasteiger partial charge < -0.3 is 5.11 Å². The average molecular weight is 288 g/mol. The zero-order valence-electron chi connectivity index (χ0n) is 9.86. The minimum absolute atomic E-state index is 0.131. The lowest BCUT2D eigenvalue weighted by Crippen LogP contribution is -2.16. The maximum atomic E-state index is 13.1. The van der Waals surface area contributed by atoms with Crippen molar-refractivity contribution in [1.82, 2.24) is 9.78 Å². The second-order valence-corrected chi connectivity index (χ2v) is 3.98. The van der Waals surface area contributed by atoms with Crippen molar-refractivity contribution in [1.29, 1.82) is 0 Å². The SMILES string of the molecule is O=C(O)Cc1cnn(-c2cccc(F)c2)c1C(F)(F)F. The molecule has 2 rings (SSSR count). The monoisotopic (exact) mass is 288 g/mol. The maximum Gasteiger partial charge on any atom is 0.433 e. The minimum atomic E-state index is -4.80. The molecule has 0 unspecified atom stereocenters. The van der Waals surface area contributed by atoms with Crippen LogP contribution in [0.1, 0.15) is 11.3 Å². The van der Waals surface area contributed by atoms with Gasteiger partial charge in [0.15, 0.2) is 5.69 Å². The van der Waals surface area contributed by atoms with Crippen LogP contribution in [0, 0.1) is 5.82 Å². The Labute approximate surface area is 110 Å². The van der Waals surface area contributed by atoms with Gasteiger partial charge in [-0.15, -0.1) is 0 Å². The van der Waals surface area contributed by atoms with E-state index in [9.17, 15) is 22.4 Å². The lowest BCUT2D eigenvalue weighted by Gasteiger charge is -2.12. The average Bonchev–Trinajstić information content (AvgIpc) is 2.71. The summed E-state index contributed by atoms with van der Waals surface area (Å²) in [4.78, 5) is 10.6. The molecule has 0 fully saturated rings. The van der Waals surface area contributed by atoms with Crippen LogP contribution in [0.4, 0.5) is 17.6 Å². The smallest absolute Gasteiger partial charge is 0.433 e. The molecule has 1 heterocycles. The standard InChI is InChI=1S/C12H8F4N2O2/c13-8-2-1-3-9(5-8)18-11(12(14,15)16)7(6-17-18)4-10(19)20/h1-3,5-6H,4H2,(H,19,20). The number of hydrogen-bond acceptors (Lipinski definition) is 2. The van der Waals surface area contributed by atoms with Gasteiger partial charge in [0, 0.05) is 5.56 Å². The molecule has 20 heavy (non-hydrogen) atoms. The van der Waals surface area contributed by atoms with Gasteiger partial charge in [-0.1, -0.05) is 6.07 Å². The van der Waals surface area contributed by atoms with Gasteiger partial charge in [-0.2, -0.15) is 18.3 Å². The van der Waals surface area contributed by atoms with Crippen molar-refractivity contribution in [2.45, 2.75) is 12.6 Å². The quantitative estimate of drug-likeness (QED) is 0.883. The molecule has 0 bridgehead atoms. The molecule has 0 radical (unpaired) electrons. The van der Waals surface area contributed by atoms with E-state index >= 15 is 0 Å². The van der Waals surface area contributed by atoms with E-state index in [2.05, 4.69) is 5.10 Å². The largest absolute Gasteiger partial charge is 0.481 e. The van der Waals surface area contributed by atoms with Gasteiger partial charge in [-0.3, -0.25) is 4.79 Å². The predicted molar refractivity (Wildman–Crippen MR) is 59.9 cm³/mol. The Hall–Kier alpha value is -2.38. The van der Waals surface area contributed by atoms with Gasteiger partial charge in [0.1, 0.15) is 5.82 Å². The van der Waals surface area contributed by atoms with Crippen LogP contribution in [0.2, 0.25) is 0 Å². The zero-order valence-corrected chi connectivity index (χ0v) is 9.86. The van der Waals surface area contributed by atoms with E-state index < -0.39 is 35.6 Å². The molecule has 8 heteroatoms. The summed E-state index contributed by atoms with van der Waals surface area (Å²) in [6.45, 7) is 0. The molecule has 0 aliphatic heterocycles. The molecule has 1 aromatic carbocycles. The Bertz CT molecular complexity index is 649. The summed E-state index contributed by atoms with van der Waals surface area (Å²) in [5.41, 5.74) is -1.83. The van der Waals surface area contributed by atoms with Crippen LogP contribution in [-0.4, -0.2) is 20.9 Å². The Kier molecular flexibility index (Phi) is 3.47. The number of alkyl halides is 3. The van der Waals surface area contributed by atoms with Gasteiger partial charge in [0.25, 0.3) is 0 Å². The van der Waals surface area contributed by atoms with Crippen LogP contribution in [0.3, 0.4) is 0 Å². The normalized spacial score (nSPS) is 11.6. The van der Waals surface area contributed by atoms with Gasteiger partial charge in [-0.25, -0.2) is 9.07 Å².